The highest BCUT2D eigenvalue weighted by atomic mass is 35.5. The normalized spacial score (nSPS) is 10.3. The third kappa shape index (κ3) is 3.36. The largest absolute Gasteiger partial charge is 0.307 e. The number of rotatable bonds is 4. The average Bonchev–Trinajstić information content (AvgIpc) is 2.47. The monoisotopic (exact) mass is 291 g/mol. The Labute approximate surface area is 122 Å². The number of carbonyl (C=O) groups is 1. The quantitative estimate of drug-likeness (QED) is 0.782. The van der Waals surface area contributed by atoms with Crippen molar-refractivity contribution in [1.82, 2.24) is 0 Å². The lowest BCUT2D eigenvalue weighted by atomic mass is 10.1. The summed E-state index contributed by atoms with van der Waals surface area (Å²) in [5.74, 6) is -0.555. The molecule has 0 aliphatic heterocycles. The van der Waals surface area contributed by atoms with E-state index in [1.165, 1.54) is 12.1 Å². The van der Waals surface area contributed by atoms with Crippen LogP contribution in [0.4, 0.5) is 10.1 Å². The maximum Gasteiger partial charge on any atom is 0.242 e. The molecule has 0 heterocycles. The number of hydrogen-bond acceptors (Lipinski definition) is 1. The summed E-state index contributed by atoms with van der Waals surface area (Å²) in [6.07, 6.45) is 0. The van der Waals surface area contributed by atoms with Gasteiger partial charge < -0.3 is 4.90 Å². The predicted octanol–water partition coefficient (Wildman–Crippen LogP) is 3.91. The van der Waals surface area contributed by atoms with Crippen molar-refractivity contribution < 1.29 is 9.18 Å². The first kappa shape index (κ1) is 14.5. The topological polar surface area (TPSA) is 20.3 Å². The van der Waals surface area contributed by atoms with Crippen molar-refractivity contribution in [2.45, 2.75) is 13.5 Å². The van der Waals surface area contributed by atoms with Gasteiger partial charge in [-0.25, -0.2) is 4.39 Å². The van der Waals surface area contributed by atoms with Gasteiger partial charge in [0, 0.05) is 5.69 Å². The summed E-state index contributed by atoms with van der Waals surface area (Å²) in [4.78, 5) is 13.7. The van der Waals surface area contributed by atoms with Crippen molar-refractivity contribution >= 4 is 23.2 Å². The molecule has 0 aromatic heterocycles. The standard InChI is InChI=1S/C16H15ClFNO/c1-12-4-2-3-5-15(12)19(16(20)10-17)11-13-6-8-14(18)9-7-13/h2-9H,10-11H2,1H3. The first-order chi connectivity index (χ1) is 9.61. The summed E-state index contributed by atoms with van der Waals surface area (Å²) in [7, 11) is 0. The number of alkyl halides is 1. The Morgan fingerprint density at radius 2 is 1.80 bits per heavy atom. The van der Waals surface area contributed by atoms with Crippen LogP contribution in [-0.2, 0) is 11.3 Å². The molecule has 0 aliphatic carbocycles. The SMILES string of the molecule is Cc1ccccc1N(Cc1ccc(F)cc1)C(=O)CCl. The Kier molecular flexibility index (Phi) is 4.74. The number of amides is 1. The molecule has 20 heavy (non-hydrogen) atoms. The Morgan fingerprint density at radius 3 is 2.40 bits per heavy atom. The average molecular weight is 292 g/mol. The molecule has 0 bridgehead atoms. The van der Waals surface area contributed by atoms with Crippen LogP contribution in [0, 0.1) is 12.7 Å². The van der Waals surface area contributed by atoms with E-state index in [1.54, 1.807) is 17.0 Å². The third-order valence-corrected chi connectivity index (χ3v) is 3.30. The molecule has 1 amide bonds. The molecule has 0 spiro atoms. The lowest BCUT2D eigenvalue weighted by Crippen LogP contribution is -2.31. The number of benzene rings is 2. The van der Waals surface area contributed by atoms with E-state index in [2.05, 4.69) is 0 Å². The summed E-state index contributed by atoms with van der Waals surface area (Å²) in [5.41, 5.74) is 2.67. The molecule has 0 saturated carbocycles. The molecule has 2 nitrogen and oxygen atoms in total. The van der Waals surface area contributed by atoms with Crippen LogP contribution in [0.2, 0.25) is 0 Å². The highest BCUT2D eigenvalue weighted by Crippen LogP contribution is 2.22. The zero-order valence-corrected chi connectivity index (χ0v) is 11.9. The molecule has 0 saturated heterocycles. The number of anilines is 1. The van der Waals surface area contributed by atoms with E-state index in [9.17, 15) is 9.18 Å². The van der Waals surface area contributed by atoms with Gasteiger partial charge in [0.2, 0.25) is 5.91 Å². The van der Waals surface area contributed by atoms with E-state index in [4.69, 9.17) is 11.6 Å². The van der Waals surface area contributed by atoms with Crippen LogP contribution < -0.4 is 4.90 Å². The van der Waals surface area contributed by atoms with Gasteiger partial charge in [-0.2, -0.15) is 0 Å². The second-order valence-corrected chi connectivity index (χ2v) is 4.79. The fourth-order valence-corrected chi connectivity index (χ4v) is 2.16. The van der Waals surface area contributed by atoms with Gasteiger partial charge in [0.05, 0.1) is 6.54 Å². The van der Waals surface area contributed by atoms with E-state index in [0.717, 1.165) is 16.8 Å². The molecule has 0 radical (unpaired) electrons. The van der Waals surface area contributed by atoms with Gasteiger partial charge >= 0.3 is 0 Å². The summed E-state index contributed by atoms with van der Waals surface area (Å²) in [6, 6.07) is 13.7. The zero-order chi connectivity index (χ0) is 14.5. The molecule has 0 aliphatic rings. The third-order valence-electron chi connectivity index (χ3n) is 3.08. The van der Waals surface area contributed by atoms with Gasteiger partial charge in [0.25, 0.3) is 0 Å². The van der Waals surface area contributed by atoms with Crippen LogP contribution in [0.1, 0.15) is 11.1 Å². The zero-order valence-electron chi connectivity index (χ0n) is 11.1. The van der Waals surface area contributed by atoms with Crippen molar-refractivity contribution in [3.8, 4) is 0 Å². The molecule has 2 aromatic rings. The Balaban J connectivity index is 2.31. The molecule has 4 heteroatoms. The van der Waals surface area contributed by atoms with E-state index < -0.39 is 0 Å². The summed E-state index contributed by atoms with van der Waals surface area (Å²) in [5, 5.41) is 0. The first-order valence-electron chi connectivity index (χ1n) is 6.28. The smallest absolute Gasteiger partial charge is 0.242 e. The number of nitrogens with zero attached hydrogens (tertiary/aromatic N) is 1. The Hall–Kier alpha value is -1.87. The second-order valence-electron chi connectivity index (χ2n) is 4.53. The highest BCUT2D eigenvalue weighted by Gasteiger charge is 2.16. The van der Waals surface area contributed by atoms with Crippen molar-refractivity contribution in [3.05, 3.63) is 65.5 Å². The van der Waals surface area contributed by atoms with Crippen LogP contribution in [0.3, 0.4) is 0 Å². The van der Waals surface area contributed by atoms with Gasteiger partial charge in [-0.3, -0.25) is 4.79 Å². The number of aryl methyl sites for hydroxylation is 1. The number of para-hydroxylation sites is 1. The van der Waals surface area contributed by atoms with Gasteiger partial charge in [0.1, 0.15) is 11.7 Å². The Bertz CT molecular complexity index is 598. The predicted molar refractivity (Wildman–Crippen MR) is 79.5 cm³/mol. The van der Waals surface area contributed by atoms with E-state index in [-0.39, 0.29) is 17.6 Å². The summed E-state index contributed by atoms with van der Waals surface area (Å²) < 4.78 is 12.9. The fraction of sp³-hybridized carbons (Fsp3) is 0.188. The molecular formula is C16H15ClFNO. The van der Waals surface area contributed by atoms with Crippen LogP contribution >= 0.6 is 11.6 Å². The molecule has 104 valence electrons. The number of hydrogen-bond donors (Lipinski definition) is 0. The maximum absolute atomic E-state index is 12.9. The van der Waals surface area contributed by atoms with Crippen LogP contribution in [0.5, 0.6) is 0 Å². The minimum Gasteiger partial charge on any atom is -0.307 e. The van der Waals surface area contributed by atoms with E-state index >= 15 is 0 Å². The maximum atomic E-state index is 12.9. The van der Waals surface area contributed by atoms with Gasteiger partial charge in [0.15, 0.2) is 0 Å². The van der Waals surface area contributed by atoms with Gasteiger partial charge in [-0.15, -0.1) is 11.6 Å². The molecule has 0 N–H and O–H groups in total. The van der Waals surface area contributed by atoms with Crippen molar-refractivity contribution in [1.29, 1.82) is 0 Å². The number of carbonyl (C=O) groups excluding carboxylic acids is 1. The van der Waals surface area contributed by atoms with Crippen LogP contribution in [0.25, 0.3) is 0 Å². The minimum absolute atomic E-state index is 0.0878. The molecule has 0 unspecified atom stereocenters. The Morgan fingerprint density at radius 1 is 1.15 bits per heavy atom. The van der Waals surface area contributed by atoms with Crippen LogP contribution in [-0.4, -0.2) is 11.8 Å². The molecule has 0 atom stereocenters. The van der Waals surface area contributed by atoms with E-state index in [1.807, 2.05) is 31.2 Å². The minimum atomic E-state index is -0.292. The molecule has 0 fully saturated rings. The van der Waals surface area contributed by atoms with E-state index in [0.29, 0.717) is 6.54 Å². The van der Waals surface area contributed by atoms with Crippen LogP contribution in [0.15, 0.2) is 48.5 Å². The first-order valence-corrected chi connectivity index (χ1v) is 6.81. The molecular weight excluding hydrogens is 277 g/mol. The lowest BCUT2D eigenvalue weighted by molar-refractivity contribution is -0.116. The fourth-order valence-electron chi connectivity index (χ4n) is 2.02. The lowest BCUT2D eigenvalue weighted by Gasteiger charge is -2.24. The van der Waals surface area contributed by atoms with Crippen molar-refractivity contribution in [2.24, 2.45) is 0 Å². The summed E-state index contributed by atoms with van der Waals surface area (Å²) in [6.45, 7) is 2.31. The molecule has 2 rings (SSSR count). The second kappa shape index (κ2) is 6.53. The van der Waals surface area contributed by atoms with Gasteiger partial charge in [-0.1, -0.05) is 30.3 Å². The number of halogens is 2. The molecule has 2 aromatic carbocycles. The van der Waals surface area contributed by atoms with Crippen molar-refractivity contribution in [2.75, 3.05) is 10.8 Å². The van der Waals surface area contributed by atoms with Gasteiger partial charge in [-0.05, 0) is 36.2 Å². The van der Waals surface area contributed by atoms with Crippen molar-refractivity contribution in [3.63, 3.8) is 0 Å². The summed E-state index contributed by atoms with van der Waals surface area (Å²) >= 11 is 5.69. The highest BCUT2D eigenvalue weighted by molar-refractivity contribution is 6.29.